The first-order valence-corrected chi connectivity index (χ1v) is 5.05. The minimum Gasteiger partial charge on any atom is -0.443 e. The molecule has 1 aromatic carbocycles. The second-order valence-electron chi connectivity index (χ2n) is 3.10. The van der Waals surface area contributed by atoms with E-state index in [2.05, 4.69) is 5.10 Å². The standard InChI is InChI=1S/C11H9ClN2O2/c12-10-5-2-1-4-9(10)8-16-11(15)14-7-3-6-13-14/h1-7H,8H2. The fourth-order valence-corrected chi connectivity index (χ4v) is 1.39. The summed E-state index contributed by atoms with van der Waals surface area (Å²) in [5.41, 5.74) is 0.768. The summed E-state index contributed by atoms with van der Waals surface area (Å²) in [6, 6.07) is 8.86. The third-order valence-corrected chi connectivity index (χ3v) is 2.37. The van der Waals surface area contributed by atoms with Crippen LogP contribution in [0.4, 0.5) is 4.79 Å². The van der Waals surface area contributed by atoms with Gasteiger partial charge in [-0.3, -0.25) is 0 Å². The predicted octanol–water partition coefficient (Wildman–Crippen LogP) is 2.72. The van der Waals surface area contributed by atoms with Gasteiger partial charge in [-0.15, -0.1) is 0 Å². The fourth-order valence-electron chi connectivity index (χ4n) is 1.20. The summed E-state index contributed by atoms with van der Waals surface area (Å²) in [6.45, 7) is 0.137. The van der Waals surface area contributed by atoms with Crippen molar-refractivity contribution in [3.05, 3.63) is 53.3 Å². The van der Waals surface area contributed by atoms with E-state index in [1.165, 1.54) is 12.4 Å². The molecule has 0 aliphatic heterocycles. The molecule has 0 saturated carbocycles. The summed E-state index contributed by atoms with van der Waals surface area (Å²) < 4.78 is 6.15. The van der Waals surface area contributed by atoms with Crippen LogP contribution in [0, 0.1) is 0 Å². The minimum absolute atomic E-state index is 0.137. The zero-order valence-corrected chi connectivity index (χ0v) is 9.09. The number of hydrogen-bond donors (Lipinski definition) is 0. The summed E-state index contributed by atoms with van der Waals surface area (Å²) in [4.78, 5) is 11.4. The molecule has 4 nitrogen and oxygen atoms in total. The highest BCUT2D eigenvalue weighted by molar-refractivity contribution is 6.31. The molecule has 0 atom stereocenters. The number of rotatable bonds is 2. The third kappa shape index (κ3) is 2.41. The molecular formula is C11H9ClN2O2. The van der Waals surface area contributed by atoms with Gasteiger partial charge in [-0.05, 0) is 12.1 Å². The van der Waals surface area contributed by atoms with E-state index < -0.39 is 6.09 Å². The zero-order chi connectivity index (χ0) is 11.4. The van der Waals surface area contributed by atoms with E-state index in [1.54, 1.807) is 18.2 Å². The molecule has 0 saturated heterocycles. The van der Waals surface area contributed by atoms with Crippen LogP contribution in [0.5, 0.6) is 0 Å². The predicted molar refractivity (Wildman–Crippen MR) is 59.3 cm³/mol. The van der Waals surface area contributed by atoms with Gasteiger partial charge in [-0.2, -0.15) is 9.78 Å². The average molecular weight is 237 g/mol. The number of ether oxygens (including phenoxy) is 1. The molecule has 2 aromatic rings. The van der Waals surface area contributed by atoms with Gasteiger partial charge in [0, 0.05) is 23.0 Å². The Kier molecular flexibility index (Phi) is 3.22. The Morgan fingerprint density at radius 2 is 2.19 bits per heavy atom. The Labute approximate surface area is 97.4 Å². The monoisotopic (exact) mass is 236 g/mol. The van der Waals surface area contributed by atoms with E-state index in [0.717, 1.165) is 10.2 Å². The number of nitrogens with zero attached hydrogens (tertiary/aromatic N) is 2. The van der Waals surface area contributed by atoms with Crippen LogP contribution in [0.2, 0.25) is 5.02 Å². The number of aromatic nitrogens is 2. The highest BCUT2D eigenvalue weighted by Crippen LogP contribution is 2.15. The minimum atomic E-state index is -0.523. The molecule has 0 aliphatic rings. The van der Waals surface area contributed by atoms with Crippen LogP contribution in [0.1, 0.15) is 5.56 Å². The Morgan fingerprint density at radius 3 is 2.88 bits per heavy atom. The van der Waals surface area contributed by atoms with Gasteiger partial charge in [0.25, 0.3) is 0 Å². The molecule has 2 rings (SSSR count). The van der Waals surface area contributed by atoms with Gasteiger partial charge >= 0.3 is 6.09 Å². The van der Waals surface area contributed by atoms with Crippen LogP contribution in [-0.4, -0.2) is 15.9 Å². The van der Waals surface area contributed by atoms with Crippen LogP contribution < -0.4 is 0 Å². The first kappa shape index (κ1) is 10.7. The van der Waals surface area contributed by atoms with Crippen LogP contribution in [-0.2, 0) is 11.3 Å². The van der Waals surface area contributed by atoms with Crippen molar-refractivity contribution in [2.24, 2.45) is 0 Å². The van der Waals surface area contributed by atoms with Crippen LogP contribution >= 0.6 is 11.6 Å². The lowest BCUT2D eigenvalue weighted by Crippen LogP contribution is -2.13. The molecule has 0 N–H and O–H groups in total. The van der Waals surface area contributed by atoms with E-state index in [-0.39, 0.29) is 6.61 Å². The van der Waals surface area contributed by atoms with Crippen molar-refractivity contribution < 1.29 is 9.53 Å². The Balaban J connectivity index is 1.98. The number of hydrogen-bond acceptors (Lipinski definition) is 3. The molecule has 0 spiro atoms. The normalized spacial score (nSPS) is 10.1. The summed E-state index contributed by atoms with van der Waals surface area (Å²) in [5, 5.41) is 4.34. The lowest BCUT2D eigenvalue weighted by molar-refractivity contribution is 0.138. The SMILES string of the molecule is O=C(OCc1ccccc1Cl)n1cccn1. The maximum Gasteiger partial charge on any atom is 0.434 e. The van der Waals surface area contributed by atoms with E-state index >= 15 is 0 Å². The van der Waals surface area contributed by atoms with Crippen molar-refractivity contribution in [2.45, 2.75) is 6.61 Å². The molecule has 16 heavy (non-hydrogen) atoms. The molecule has 0 fully saturated rings. The topological polar surface area (TPSA) is 44.1 Å². The number of carbonyl (C=O) groups is 1. The smallest absolute Gasteiger partial charge is 0.434 e. The molecule has 0 aliphatic carbocycles. The Morgan fingerprint density at radius 1 is 1.38 bits per heavy atom. The molecule has 0 unspecified atom stereocenters. The Bertz CT molecular complexity index is 482. The second-order valence-corrected chi connectivity index (χ2v) is 3.50. The van der Waals surface area contributed by atoms with Crippen molar-refractivity contribution in [1.82, 2.24) is 9.78 Å². The van der Waals surface area contributed by atoms with Crippen molar-refractivity contribution in [2.75, 3.05) is 0 Å². The van der Waals surface area contributed by atoms with E-state index in [4.69, 9.17) is 16.3 Å². The lowest BCUT2D eigenvalue weighted by Gasteiger charge is -2.05. The molecule has 0 bridgehead atoms. The lowest BCUT2D eigenvalue weighted by atomic mass is 10.2. The van der Waals surface area contributed by atoms with Gasteiger partial charge in [-0.25, -0.2) is 4.79 Å². The van der Waals surface area contributed by atoms with Gasteiger partial charge in [0.2, 0.25) is 0 Å². The van der Waals surface area contributed by atoms with Crippen LogP contribution in [0.3, 0.4) is 0 Å². The molecule has 0 radical (unpaired) electrons. The average Bonchev–Trinajstić information content (AvgIpc) is 2.81. The first-order chi connectivity index (χ1) is 7.77. The van der Waals surface area contributed by atoms with Gasteiger partial charge in [-0.1, -0.05) is 29.8 Å². The maximum absolute atomic E-state index is 11.4. The van der Waals surface area contributed by atoms with Crippen molar-refractivity contribution in [3.63, 3.8) is 0 Å². The number of carbonyl (C=O) groups excluding carboxylic acids is 1. The summed E-state index contributed by atoms with van der Waals surface area (Å²) in [6.07, 6.45) is 2.51. The van der Waals surface area contributed by atoms with Gasteiger partial charge in [0.1, 0.15) is 6.61 Å². The van der Waals surface area contributed by atoms with E-state index in [0.29, 0.717) is 5.02 Å². The van der Waals surface area contributed by atoms with Crippen molar-refractivity contribution in [1.29, 1.82) is 0 Å². The van der Waals surface area contributed by atoms with Gasteiger partial charge in [0.05, 0.1) is 0 Å². The molecule has 5 heteroatoms. The Hall–Kier alpha value is -1.81. The van der Waals surface area contributed by atoms with Crippen molar-refractivity contribution >= 4 is 17.7 Å². The first-order valence-electron chi connectivity index (χ1n) is 4.67. The quantitative estimate of drug-likeness (QED) is 0.805. The molecule has 1 aromatic heterocycles. The largest absolute Gasteiger partial charge is 0.443 e. The third-order valence-electron chi connectivity index (χ3n) is 2.00. The van der Waals surface area contributed by atoms with Crippen molar-refractivity contribution in [3.8, 4) is 0 Å². The van der Waals surface area contributed by atoms with Crippen LogP contribution in [0.25, 0.3) is 0 Å². The molecule has 1 heterocycles. The zero-order valence-electron chi connectivity index (χ0n) is 8.34. The number of halogens is 1. The summed E-state index contributed by atoms with van der Waals surface area (Å²) >= 11 is 5.92. The fraction of sp³-hybridized carbons (Fsp3) is 0.0909. The van der Waals surface area contributed by atoms with E-state index in [9.17, 15) is 4.79 Å². The molecule has 0 amide bonds. The van der Waals surface area contributed by atoms with E-state index in [1.807, 2.05) is 12.1 Å². The maximum atomic E-state index is 11.4. The molecular weight excluding hydrogens is 228 g/mol. The van der Waals surface area contributed by atoms with Gasteiger partial charge in [0.15, 0.2) is 0 Å². The molecule has 82 valence electrons. The highest BCUT2D eigenvalue weighted by Gasteiger charge is 2.07. The van der Waals surface area contributed by atoms with Crippen LogP contribution in [0.15, 0.2) is 42.7 Å². The second kappa shape index (κ2) is 4.81. The number of benzene rings is 1. The highest BCUT2D eigenvalue weighted by atomic mass is 35.5. The van der Waals surface area contributed by atoms with Gasteiger partial charge < -0.3 is 4.74 Å². The summed E-state index contributed by atoms with van der Waals surface area (Å²) in [7, 11) is 0. The summed E-state index contributed by atoms with van der Waals surface area (Å²) in [5.74, 6) is 0.